The van der Waals surface area contributed by atoms with Crippen molar-refractivity contribution in [2.24, 2.45) is 0 Å². The average Bonchev–Trinajstić information content (AvgIpc) is 2.13. The largest absolute Gasteiger partial charge is 0.290 e. The normalized spacial score (nSPS) is 21.9. The van der Waals surface area contributed by atoms with Gasteiger partial charge in [-0.2, -0.15) is 0 Å². The van der Waals surface area contributed by atoms with Crippen LogP contribution in [0.5, 0.6) is 0 Å². The van der Waals surface area contributed by atoms with E-state index in [2.05, 4.69) is 0 Å². The minimum absolute atomic E-state index is 0.208. The number of nitrogens with one attached hydrogen (secondary N) is 1. The first-order chi connectivity index (χ1) is 4.74. The van der Waals surface area contributed by atoms with Crippen LogP contribution in [-0.2, 0) is 9.90 Å². The van der Waals surface area contributed by atoms with E-state index in [1.807, 2.05) is 5.32 Å². The second-order valence-electron chi connectivity index (χ2n) is 1.58. The molecule has 0 unspecified atom stereocenters. The van der Waals surface area contributed by atoms with Gasteiger partial charge >= 0.3 is 0 Å². The van der Waals surface area contributed by atoms with Gasteiger partial charge in [0.05, 0.1) is 4.91 Å². The van der Waals surface area contributed by atoms with Crippen LogP contribution >= 0.6 is 11.8 Å². The van der Waals surface area contributed by atoms with Crippen molar-refractivity contribution in [1.29, 1.82) is 0 Å². The third kappa shape index (κ3) is 1.37. The highest BCUT2D eigenvalue weighted by Gasteiger charge is 2.24. The summed E-state index contributed by atoms with van der Waals surface area (Å²) in [5.74, 6) is -0.467. The molecule has 0 aromatic heterocycles. The van der Waals surface area contributed by atoms with E-state index in [0.717, 1.165) is 11.8 Å². The van der Waals surface area contributed by atoms with Gasteiger partial charge in [-0.15, -0.1) is 0 Å². The Morgan fingerprint density at radius 2 is 2.20 bits per heavy atom. The molecule has 1 aliphatic heterocycles. The fraction of sp³-hybridized carbons (Fsp3) is 0.200. The molecule has 0 atom stereocenters. The van der Waals surface area contributed by atoms with Crippen molar-refractivity contribution in [2.45, 2.75) is 0 Å². The number of carbonyl (C=O) groups excluding carboxylic acids is 2. The molecule has 0 aliphatic carbocycles. The van der Waals surface area contributed by atoms with E-state index in [-0.39, 0.29) is 4.91 Å². The van der Waals surface area contributed by atoms with Gasteiger partial charge in [0.25, 0.3) is 11.1 Å². The molecule has 1 rings (SSSR count). The Morgan fingerprint density at radius 3 is 2.60 bits per heavy atom. The summed E-state index contributed by atoms with van der Waals surface area (Å²) in [4.78, 5) is 21.2. The van der Waals surface area contributed by atoms with E-state index in [4.69, 9.17) is 0 Å². The van der Waals surface area contributed by atoms with Crippen LogP contribution < -0.4 is 5.32 Å². The Kier molecular flexibility index (Phi) is 2.08. The van der Waals surface area contributed by atoms with Crippen LogP contribution in [0.15, 0.2) is 11.0 Å². The second-order valence-corrected chi connectivity index (χ2v) is 2.59. The molecule has 1 fully saturated rings. The maximum atomic E-state index is 10.6. The van der Waals surface area contributed by atoms with Gasteiger partial charge in [-0.3, -0.25) is 14.9 Å². The van der Waals surface area contributed by atoms with E-state index in [0.29, 0.717) is 0 Å². The van der Waals surface area contributed by atoms with Crippen molar-refractivity contribution in [1.82, 2.24) is 5.32 Å². The molecule has 0 saturated carbocycles. The van der Waals surface area contributed by atoms with Gasteiger partial charge in [-0.25, -0.2) is 5.11 Å². The second kappa shape index (κ2) is 2.85. The van der Waals surface area contributed by atoms with Gasteiger partial charge < -0.3 is 0 Å². The smallest absolute Gasteiger partial charge is 0.282 e. The third-order valence-corrected chi connectivity index (χ3v) is 1.77. The van der Waals surface area contributed by atoms with Crippen LogP contribution in [0.25, 0.3) is 0 Å². The Balaban J connectivity index is 2.72. The van der Waals surface area contributed by atoms with Crippen molar-refractivity contribution >= 4 is 22.9 Å². The van der Waals surface area contributed by atoms with E-state index in [1.54, 1.807) is 0 Å². The Hall–Kier alpha value is -0.810. The van der Waals surface area contributed by atoms with Crippen molar-refractivity contribution in [3.63, 3.8) is 0 Å². The molecule has 1 saturated heterocycles. The molecule has 10 heavy (non-hydrogen) atoms. The lowest BCUT2D eigenvalue weighted by atomic mass is 10.5. The molecule has 1 aliphatic rings. The Labute approximate surface area is 61.3 Å². The SMILES string of the molecule is [O]C/C=C1/SC(=O)NC1=O. The Morgan fingerprint density at radius 1 is 1.50 bits per heavy atom. The van der Waals surface area contributed by atoms with Crippen molar-refractivity contribution in [2.75, 3.05) is 6.61 Å². The van der Waals surface area contributed by atoms with Gasteiger partial charge in [-0.1, -0.05) is 0 Å². The first-order valence-electron chi connectivity index (χ1n) is 2.55. The van der Waals surface area contributed by atoms with Gasteiger partial charge in [0.1, 0.15) is 6.61 Å². The van der Waals surface area contributed by atoms with Crippen molar-refractivity contribution in [3.05, 3.63) is 11.0 Å². The predicted octanol–water partition coefficient (Wildman–Crippen LogP) is 0.284. The molecule has 0 bridgehead atoms. The number of imide groups is 1. The molecule has 0 aromatic carbocycles. The van der Waals surface area contributed by atoms with Gasteiger partial charge in [0.15, 0.2) is 0 Å². The van der Waals surface area contributed by atoms with Gasteiger partial charge in [0, 0.05) is 0 Å². The lowest BCUT2D eigenvalue weighted by Gasteiger charge is -1.83. The van der Waals surface area contributed by atoms with Crippen LogP contribution in [0, 0.1) is 0 Å². The summed E-state index contributed by atoms with van der Waals surface area (Å²) in [6, 6.07) is 0. The highest BCUT2D eigenvalue weighted by Crippen LogP contribution is 2.21. The Bertz CT molecular complexity index is 211. The lowest BCUT2D eigenvalue weighted by Crippen LogP contribution is -2.17. The summed E-state index contributed by atoms with van der Waals surface area (Å²) in [5, 5.41) is 11.6. The zero-order valence-corrected chi connectivity index (χ0v) is 5.73. The fourth-order valence-electron chi connectivity index (χ4n) is 0.536. The maximum absolute atomic E-state index is 10.6. The zero-order chi connectivity index (χ0) is 7.56. The number of hydrogen-bond donors (Lipinski definition) is 1. The fourth-order valence-corrected chi connectivity index (χ4v) is 1.17. The molecule has 2 amide bonds. The number of carbonyl (C=O) groups is 2. The first kappa shape index (κ1) is 7.30. The highest BCUT2D eigenvalue weighted by atomic mass is 32.2. The summed E-state index contributed by atoms with van der Waals surface area (Å²) >= 11 is 0.760. The minimum Gasteiger partial charge on any atom is -0.282 e. The van der Waals surface area contributed by atoms with Crippen LogP contribution in [0.4, 0.5) is 4.79 Å². The van der Waals surface area contributed by atoms with Crippen LogP contribution in [-0.4, -0.2) is 17.8 Å². The number of rotatable bonds is 1. The van der Waals surface area contributed by atoms with Gasteiger partial charge in [0.2, 0.25) is 0 Å². The molecule has 4 nitrogen and oxygen atoms in total. The molecule has 0 aromatic rings. The zero-order valence-electron chi connectivity index (χ0n) is 4.92. The van der Waals surface area contributed by atoms with Crippen LogP contribution in [0.1, 0.15) is 0 Å². The summed E-state index contributed by atoms with van der Waals surface area (Å²) in [6.07, 6.45) is 1.19. The van der Waals surface area contributed by atoms with E-state index in [1.165, 1.54) is 6.08 Å². The summed E-state index contributed by atoms with van der Waals surface area (Å²) < 4.78 is 0. The number of hydrogen-bond acceptors (Lipinski definition) is 3. The standard InChI is InChI=1S/C5H4NO3S/c7-2-1-3-4(8)6-5(9)10-3/h1H,2H2,(H,6,8,9)/b3-1+. The first-order valence-corrected chi connectivity index (χ1v) is 3.37. The monoisotopic (exact) mass is 158 g/mol. The van der Waals surface area contributed by atoms with Crippen LogP contribution in [0.2, 0.25) is 0 Å². The van der Waals surface area contributed by atoms with Crippen molar-refractivity contribution < 1.29 is 14.7 Å². The molecule has 0 spiro atoms. The average molecular weight is 158 g/mol. The summed E-state index contributed by atoms with van der Waals surface area (Å²) in [6.45, 7) is -0.469. The number of thioether (sulfide) groups is 1. The van der Waals surface area contributed by atoms with Crippen molar-refractivity contribution in [3.8, 4) is 0 Å². The van der Waals surface area contributed by atoms with E-state index in [9.17, 15) is 14.7 Å². The quantitative estimate of drug-likeness (QED) is 0.557. The molecule has 5 heteroatoms. The summed E-state index contributed by atoms with van der Waals surface area (Å²) in [5.41, 5.74) is 0. The summed E-state index contributed by atoms with van der Waals surface area (Å²) in [7, 11) is 0. The molecule has 1 radical (unpaired) electrons. The van der Waals surface area contributed by atoms with Gasteiger partial charge in [-0.05, 0) is 17.8 Å². The van der Waals surface area contributed by atoms with Crippen LogP contribution in [0.3, 0.4) is 0 Å². The van der Waals surface area contributed by atoms with E-state index < -0.39 is 17.8 Å². The molecular formula is C5H4NO3S. The third-order valence-electron chi connectivity index (χ3n) is 0.911. The maximum Gasteiger partial charge on any atom is 0.290 e. The molecule has 53 valence electrons. The lowest BCUT2D eigenvalue weighted by molar-refractivity contribution is -0.115. The molecule has 1 heterocycles. The molecular weight excluding hydrogens is 154 g/mol. The topological polar surface area (TPSA) is 66.1 Å². The van der Waals surface area contributed by atoms with E-state index >= 15 is 0 Å². The highest BCUT2D eigenvalue weighted by molar-refractivity contribution is 8.18. The minimum atomic E-state index is -0.469. The molecule has 1 N–H and O–H groups in total. The number of amides is 2. The predicted molar refractivity (Wildman–Crippen MR) is 34.8 cm³/mol.